The number of benzene rings is 1. The molecule has 1 aromatic carbocycles. The molecule has 0 aliphatic rings. The quantitative estimate of drug-likeness (QED) is 0.783. The molecule has 0 unspecified atom stereocenters. The van der Waals surface area contributed by atoms with Gasteiger partial charge in [0, 0.05) is 24.4 Å². The fourth-order valence-electron chi connectivity index (χ4n) is 2.02. The van der Waals surface area contributed by atoms with Crippen LogP contribution in [0.2, 0.25) is 0 Å². The molecule has 3 rings (SSSR count). The second kappa shape index (κ2) is 5.97. The summed E-state index contributed by atoms with van der Waals surface area (Å²) >= 11 is 1.61. The second-order valence-corrected chi connectivity index (χ2v) is 5.42. The molecule has 21 heavy (non-hydrogen) atoms. The Balaban J connectivity index is 1.77. The largest absolute Gasteiger partial charge is 0.497 e. The van der Waals surface area contributed by atoms with Gasteiger partial charge in [0.25, 0.3) is 0 Å². The summed E-state index contributed by atoms with van der Waals surface area (Å²) in [6.07, 6.45) is 3.54. The third-order valence-corrected chi connectivity index (χ3v) is 4.11. The van der Waals surface area contributed by atoms with Crippen molar-refractivity contribution in [3.05, 3.63) is 42.2 Å². The van der Waals surface area contributed by atoms with Gasteiger partial charge in [-0.1, -0.05) is 11.3 Å². The maximum Gasteiger partial charge on any atom is 0.184 e. The molecular formula is C15H15N3O2S. The SMILES string of the molecule is COc1ccc(CNc2nc3cnccc3s2)c(OC)c1. The van der Waals surface area contributed by atoms with Gasteiger partial charge in [-0.05, 0) is 18.2 Å². The Hall–Kier alpha value is -2.34. The van der Waals surface area contributed by atoms with E-state index in [0.29, 0.717) is 6.54 Å². The van der Waals surface area contributed by atoms with E-state index in [0.717, 1.165) is 32.4 Å². The standard InChI is InChI=1S/C15H15N3O2S/c1-19-11-4-3-10(13(7-11)20-2)8-17-15-18-12-9-16-6-5-14(12)21-15/h3-7,9H,8H2,1-2H3,(H,17,18). The zero-order valence-electron chi connectivity index (χ0n) is 11.8. The Morgan fingerprint density at radius 1 is 1.19 bits per heavy atom. The number of fused-ring (bicyclic) bond motifs is 1. The molecule has 0 saturated carbocycles. The van der Waals surface area contributed by atoms with Crippen LogP contribution in [0.15, 0.2) is 36.7 Å². The smallest absolute Gasteiger partial charge is 0.184 e. The molecule has 0 aliphatic heterocycles. The summed E-state index contributed by atoms with van der Waals surface area (Å²) < 4.78 is 11.7. The van der Waals surface area contributed by atoms with Gasteiger partial charge in [-0.25, -0.2) is 4.98 Å². The van der Waals surface area contributed by atoms with E-state index >= 15 is 0 Å². The minimum atomic E-state index is 0.639. The number of hydrogen-bond acceptors (Lipinski definition) is 6. The first-order valence-corrected chi connectivity index (χ1v) is 7.27. The van der Waals surface area contributed by atoms with Crippen molar-refractivity contribution in [1.29, 1.82) is 0 Å². The fourth-order valence-corrected chi connectivity index (χ4v) is 2.85. The highest BCUT2D eigenvalue weighted by Crippen LogP contribution is 2.28. The van der Waals surface area contributed by atoms with Crippen LogP contribution in [0.5, 0.6) is 11.5 Å². The monoisotopic (exact) mass is 301 g/mol. The average Bonchev–Trinajstić information content (AvgIpc) is 2.95. The van der Waals surface area contributed by atoms with Crippen LogP contribution in [0.25, 0.3) is 10.2 Å². The number of anilines is 1. The van der Waals surface area contributed by atoms with Gasteiger partial charge in [0.1, 0.15) is 17.0 Å². The molecule has 5 nitrogen and oxygen atoms in total. The van der Waals surface area contributed by atoms with Gasteiger partial charge in [-0.15, -0.1) is 0 Å². The van der Waals surface area contributed by atoms with Gasteiger partial charge in [0.05, 0.1) is 25.1 Å². The maximum absolute atomic E-state index is 5.39. The highest BCUT2D eigenvalue weighted by Gasteiger charge is 2.07. The van der Waals surface area contributed by atoms with Gasteiger partial charge in [-0.2, -0.15) is 0 Å². The Bertz CT molecular complexity index is 725. The van der Waals surface area contributed by atoms with E-state index in [1.165, 1.54) is 0 Å². The minimum Gasteiger partial charge on any atom is -0.497 e. The molecule has 1 N–H and O–H groups in total. The molecule has 0 spiro atoms. The first-order chi connectivity index (χ1) is 10.3. The third kappa shape index (κ3) is 2.90. The molecule has 2 aromatic heterocycles. The summed E-state index contributed by atoms with van der Waals surface area (Å²) in [7, 11) is 3.30. The predicted molar refractivity (Wildman–Crippen MR) is 84.3 cm³/mol. The van der Waals surface area contributed by atoms with Crippen LogP contribution < -0.4 is 14.8 Å². The van der Waals surface area contributed by atoms with Crippen molar-refractivity contribution in [2.45, 2.75) is 6.54 Å². The number of ether oxygens (including phenoxy) is 2. The van der Waals surface area contributed by atoms with Crippen LogP contribution in [0.1, 0.15) is 5.56 Å². The molecule has 0 fully saturated rings. The molecular weight excluding hydrogens is 286 g/mol. The Morgan fingerprint density at radius 2 is 2.10 bits per heavy atom. The normalized spacial score (nSPS) is 10.6. The second-order valence-electron chi connectivity index (χ2n) is 4.39. The van der Waals surface area contributed by atoms with Crippen LogP contribution in [0.4, 0.5) is 5.13 Å². The van der Waals surface area contributed by atoms with Crippen LogP contribution >= 0.6 is 11.3 Å². The topological polar surface area (TPSA) is 56.3 Å². The van der Waals surface area contributed by atoms with Crippen LogP contribution in [0.3, 0.4) is 0 Å². The average molecular weight is 301 g/mol. The molecule has 0 amide bonds. The Labute approximate surface area is 126 Å². The van der Waals surface area contributed by atoms with Crippen molar-refractivity contribution in [1.82, 2.24) is 9.97 Å². The van der Waals surface area contributed by atoms with Gasteiger partial charge in [0.15, 0.2) is 5.13 Å². The highest BCUT2D eigenvalue weighted by molar-refractivity contribution is 7.22. The first kappa shape index (κ1) is 13.6. The van der Waals surface area contributed by atoms with E-state index in [1.54, 1.807) is 38.0 Å². The molecule has 0 atom stereocenters. The van der Waals surface area contributed by atoms with E-state index in [2.05, 4.69) is 15.3 Å². The van der Waals surface area contributed by atoms with Gasteiger partial charge in [-0.3, -0.25) is 4.98 Å². The van der Waals surface area contributed by atoms with Crippen LogP contribution in [-0.4, -0.2) is 24.2 Å². The lowest BCUT2D eigenvalue weighted by atomic mass is 10.2. The van der Waals surface area contributed by atoms with Gasteiger partial charge < -0.3 is 14.8 Å². The number of nitrogens with zero attached hydrogens (tertiary/aromatic N) is 2. The lowest BCUT2D eigenvalue weighted by Crippen LogP contribution is -2.01. The number of thiazole rings is 1. The van der Waals surface area contributed by atoms with Crippen molar-refractivity contribution >= 4 is 26.7 Å². The molecule has 2 heterocycles. The number of pyridine rings is 1. The highest BCUT2D eigenvalue weighted by atomic mass is 32.1. The zero-order valence-corrected chi connectivity index (χ0v) is 12.6. The number of nitrogens with one attached hydrogen (secondary N) is 1. The van der Waals surface area contributed by atoms with E-state index in [1.807, 2.05) is 24.3 Å². The van der Waals surface area contributed by atoms with E-state index in [9.17, 15) is 0 Å². The third-order valence-electron chi connectivity index (χ3n) is 3.11. The maximum atomic E-state index is 5.39. The molecule has 108 valence electrons. The fraction of sp³-hybridized carbons (Fsp3) is 0.200. The van der Waals surface area contributed by atoms with E-state index < -0.39 is 0 Å². The summed E-state index contributed by atoms with van der Waals surface area (Å²) in [5, 5.41) is 4.19. The van der Waals surface area contributed by atoms with E-state index in [4.69, 9.17) is 9.47 Å². The first-order valence-electron chi connectivity index (χ1n) is 6.45. The van der Waals surface area contributed by atoms with Gasteiger partial charge in [0.2, 0.25) is 0 Å². The molecule has 0 saturated heterocycles. The van der Waals surface area contributed by atoms with Crippen molar-refractivity contribution in [3.63, 3.8) is 0 Å². The van der Waals surface area contributed by atoms with Crippen molar-refractivity contribution in [2.75, 3.05) is 19.5 Å². The number of methoxy groups -OCH3 is 2. The number of aromatic nitrogens is 2. The number of rotatable bonds is 5. The summed E-state index contributed by atoms with van der Waals surface area (Å²) in [5.74, 6) is 1.58. The van der Waals surface area contributed by atoms with Crippen LogP contribution in [-0.2, 0) is 6.54 Å². The van der Waals surface area contributed by atoms with Crippen molar-refractivity contribution in [3.8, 4) is 11.5 Å². The van der Waals surface area contributed by atoms with E-state index in [-0.39, 0.29) is 0 Å². The molecule has 0 aliphatic carbocycles. The number of hydrogen-bond donors (Lipinski definition) is 1. The predicted octanol–water partition coefficient (Wildman–Crippen LogP) is 3.32. The summed E-state index contributed by atoms with van der Waals surface area (Å²) in [6.45, 7) is 0.639. The Morgan fingerprint density at radius 3 is 2.86 bits per heavy atom. The minimum absolute atomic E-state index is 0.639. The molecule has 3 aromatic rings. The summed E-state index contributed by atoms with van der Waals surface area (Å²) in [6, 6.07) is 7.74. The molecule has 6 heteroatoms. The Kier molecular flexibility index (Phi) is 3.87. The summed E-state index contributed by atoms with van der Waals surface area (Å²) in [4.78, 5) is 8.57. The van der Waals surface area contributed by atoms with Crippen molar-refractivity contribution < 1.29 is 9.47 Å². The summed E-state index contributed by atoms with van der Waals surface area (Å²) in [5.41, 5.74) is 1.96. The molecule has 0 radical (unpaired) electrons. The van der Waals surface area contributed by atoms with Crippen LogP contribution in [0, 0.1) is 0 Å². The molecule has 0 bridgehead atoms. The van der Waals surface area contributed by atoms with Crippen molar-refractivity contribution in [2.24, 2.45) is 0 Å². The van der Waals surface area contributed by atoms with Gasteiger partial charge >= 0.3 is 0 Å². The zero-order chi connectivity index (χ0) is 14.7. The lowest BCUT2D eigenvalue weighted by molar-refractivity contribution is 0.391. The lowest BCUT2D eigenvalue weighted by Gasteiger charge is -2.10.